The molecule has 0 bridgehead atoms. The molecule has 1 aromatic heterocycles. The smallest absolute Gasteiger partial charge is 0.286 e. The second-order valence-corrected chi connectivity index (χ2v) is 10.4. The number of benzene rings is 2. The number of amides is 1. The molecule has 1 amide bonds. The van der Waals surface area contributed by atoms with Crippen LogP contribution in [0.2, 0.25) is 0 Å². The van der Waals surface area contributed by atoms with E-state index in [1.54, 1.807) is 6.07 Å². The largest absolute Gasteiger partial charge is 0.320 e. The van der Waals surface area contributed by atoms with Crippen LogP contribution in [0.3, 0.4) is 0 Å². The van der Waals surface area contributed by atoms with Gasteiger partial charge in [0.2, 0.25) is 15.0 Å². The van der Waals surface area contributed by atoms with Crippen molar-refractivity contribution < 1.29 is 22.0 Å². The van der Waals surface area contributed by atoms with Crippen molar-refractivity contribution in [2.45, 2.75) is 30.6 Å². The number of hydrogen-bond donors (Lipinski definition) is 1. The van der Waals surface area contributed by atoms with Crippen LogP contribution in [-0.4, -0.2) is 41.9 Å². The van der Waals surface area contributed by atoms with E-state index in [4.69, 9.17) is 0 Å². The third kappa shape index (κ3) is 4.54. The third-order valence-corrected chi connectivity index (χ3v) is 8.26. The minimum atomic E-state index is -4.14. The highest BCUT2D eigenvalue weighted by atomic mass is 32.2. The van der Waals surface area contributed by atoms with Gasteiger partial charge in [-0.15, -0.1) is 10.2 Å². The highest BCUT2D eigenvalue weighted by Crippen LogP contribution is 2.32. The lowest BCUT2D eigenvalue weighted by molar-refractivity contribution is 0.102. The van der Waals surface area contributed by atoms with Crippen LogP contribution in [0.4, 0.5) is 14.5 Å². The normalized spacial score (nSPS) is 17.3. The minimum Gasteiger partial charge on any atom is -0.320 e. The third-order valence-electron chi connectivity index (χ3n) is 5.27. The number of piperidine rings is 1. The number of aryl methyl sites for hydroxylation is 1. The molecule has 32 heavy (non-hydrogen) atoms. The van der Waals surface area contributed by atoms with Crippen LogP contribution < -0.4 is 5.32 Å². The zero-order valence-electron chi connectivity index (χ0n) is 17.1. The first-order valence-electron chi connectivity index (χ1n) is 9.91. The van der Waals surface area contributed by atoms with Crippen molar-refractivity contribution in [2.24, 2.45) is 0 Å². The number of sulfonamides is 1. The molecule has 3 aromatic rings. The van der Waals surface area contributed by atoms with Crippen LogP contribution in [0.15, 0.2) is 47.4 Å². The molecule has 1 aliphatic heterocycles. The topological polar surface area (TPSA) is 92.3 Å². The number of carbonyl (C=O) groups excluding carboxylic acids is 1. The Hall–Kier alpha value is -2.76. The van der Waals surface area contributed by atoms with Gasteiger partial charge in [0, 0.05) is 30.8 Å². The molecule has 7 nitrogen and oxygen atoms in total. The Morgan fingerprint density at radius 1 is 1.19 bits per heavy atom. The lowest BCUT2D eigenvalue weighted by Crippen LogP contribution is -2.39. The summed E-state index contributed by atoms with van der Waals surface area (Å²) < 4.78 is 54.3. The maximum Gasteiger partial charge on any atom is 0.286 e. The van der Waals surface area contributed by atoms with Gasteiger partial charge in [-0.25, -0.2) is 17.2 Å². The predicted molar refractivity (Wildman–Crippen MR) is 116 cm³/mol. The predicted octanol–water partition coefficient (Wildman–Crippen LogP) is 3.95. The van der Waals surface area contributed by atoms with Gasteiger partial charge in [-0.1, -0.05) is 29.5 Å². The number of rotatable bonds is 5. The van der Waals surface area contributed by atoms with Crippen molar-refractivity contribution in [3.63, 3.8) is 0 Å². The van der Waals surface area contributed by atoms with Gasteiger partial charge >= 0.3 is 0 Å². The first-order valence-corrected chi connectivity index (χ1v) is 12.2. The van der Waals surface area contributed by atoms with E-state index < -0.39 is 32.5 Å². The molecule has 2 heterocycles. The summed E-state index contributed by atoms with van der Waals surface area (Å²) >= 11 is 1.11. The van der Waals surface area contributed by atoms with Crippen molar-refractivity contribution in [1.82, 2.24) is 14.5 Å². The molecule has 0 aliphatic carbocycles. The molecule has 2 aromatic carbocycles. The number of hydrogen-bond acceptors (Lipinski definition) is 6. The molecule has 1 fully saturated rings. The molecule has 11 heteroatoms. The maximum atomic E-state index is 14.1. The van der Waals surface area contributed by atoms with Gasteiger partial charge in [0.1, 0.15) is 21.5 Å². The number of para-hydroxylation sites is 1. The van der Waals surface area contributed by atoms with E-state index in [0.29, 0.717) is 29.6 Å². The molecule has 1 atom stereocenters. The Balaban J connectivity index is 1.50. The van der Waals surface area contributed by atoms with Crippen LogP contribution in [0.5, 0.6) is 0 Å². The summed E-state index contributed by atoms with van der Waals surface area (Å²) in [5, 5.41) is 11.6. The maximum absolute atomic E-state index is 14.1. The van der Waals surface area contributed by atoms with Crippen LogP contribution in [0, 0.1) is 18.6 Å². The van der Waals surface area contributed by atoms with Crippen LogP contribution in [-0.2, 0) is 10.0 Å². The zero-order valence-corrected chi connectivity index (χ0v) is 18.7. The summed E-state index contributed by atoms with van der Waals surface area (Å²) in [4.78, 5) is 12.0. The van der Waals surface area contributed by atoms with Gasteiger partial charge in [-0.3, -0.25) is 4.79 Å². The van der Waals surface area contributed by atoms with Gasteiger partial charge < -0.3 is 5.32 Å². The van der Waals surface area contributed by atoms with Crippen molar-refractivity contribution in [1.29, 1.82) is 0 Å². The molecule has 4 rings (SSSR count). The molecule has 0 radical (unpaired) electrons. The number of nitrogens with one attached hydrogen (secondary N) is 1. The zero-order chi connectivity index (χ0) is 22.9. The monoisotopic (exact) mass is 478 g/mol. The summed E-state index contributed by atoms with van der Waals surface area (Å²) in [6, 6.07) is 9.75. The van der Waals surface area contributed by atoms with E-state index in [-0.39, 0.29) is 24.0 Å². The standard InChI is InChI=1S/C21H20F2N4O3S2/c1-13-5-2-3-7-17(13)24-19(28)21-26-25-20(31-21)14-6-4-10-27(12-14)32(29,30)18-9-8-15(22)11-16(18)23/h2-3,5,7-9,11,14H,4,6,10,12H2,1H3,(H,24,28)/t14-/m0/s1. The highest BCUT2D eigenvalue weighted by molar-refractivity contribution is 7.89. The summed E-state index contributed by atoms with van der Waals surface area (Å²) in [5.41, 5.74) is 1.58. The summed E-state index contributed by atoms with van der Waals surface area (Å²) in [6.07, 6.45) is 1.20. The molecule has 168 valence electrons. The number of anilines is 1. The van der Waals surface area contributed by atoms with Crippen molar-refractivity contribution in [3.05, 3.63) is 69.7 Å². The lowest BCUT2D eigenvalue weighted by atomic mass is 10.0. The highest BCUT2D eigenvalue weighted by Gasteiger charge is 2.34. The number of carbonyl (C=O) groups is 1. The van der Waals surface area contributed by atoms with Crippen molar-refractivity contribution >= 4 is 33.0 Å². The van der Waals surface area contributed by atoms with Gasteiger partial charge in [-0.2, -0.15) is 4.31 Å². The van der Waals surface area contributed by atoms with E-state index in [0.717, 1.165) is 29.0 Å². The fourth-order valence-corrected chi connectivity index (χ4v) is 6.00. The SMILES string of the molecule is Cc1ccccc1NC(=O)c1nnc([C@H]2CCCN(S(=O)(=O)c3ccc(F)cc3F)C2)s1. The fraction of sp³-hybridized carbons (Fsp3) is 0.286. The van der Waals surface area contributed by atoms with E-state index >= 15 is 0 Å². The van der Waals surface area contributed by atoms with E-state index in [1.807, 2.05) is 25.1 Å². The second-order valence-electron chi connectivity index (χ2n) is 7.49. The molecular formula is C21H20F2N4O3S2. The van der Waals surface area contributed by atoms with Crippen LogP contribution in [0.25, 0.3) is 0 Å². The number of nitrogens with zero attached hydrogens (tertiary/aromatic N) is 3. The van der Waals surface area contributed by atoms with Crippen molar-refractivity contribution in [2.75, 3.05) is 18.4 Å². The van der Waals surface area contributed by atoms with E-state index in [1.165, 1.54) is 4.31 Å². The molecule has 0 spiro atoms. The Morgan fingerprint density at radius 3 is 2.72 bits per heavy atom. The Bertz CT molecular complexity index is 1260. The van der Waals surface area contributed by atoms with Crippen molar-refractivity contribution in [3.8, 4) is 0 Å². The minimum absolute atomic E-state index is 0.0766. The quantitative estimate of drug-likeness (QED) is 0.600. The van der Waals surface area contributed by atoms with Crippen LogP contribution in [0.1, 0.15) is 39.1 Å². The average molecular weight is 479 g/mol. The number of halogens is 2. The Labute approximate surface area is 188 Å². The molecular weight excluding hydrogens is 458 g/mol. The average Bonchev–Trinajstić information content (AvgIpc) is 3.26. The molecule has 0 unspecified atom stereocenters. The van der Waals surface area contributed by atoms with Gasteiger partial charge in [0.05, 0.1) is 0 Å². The van der Waals surface area contributed by atoms with Gasteiger partial charge in [0.15, 0.2) is 0 Å². The first kappa shape index (κ1) is 22.4. The van der Waals surface area contributed by atoms with Gasteiger partial charge in [0.25, 0.3) is 5.91 Å². The Morgan fingerprint density at radius 2 is 1.97 bits per heavy atom. The summed E-state index contributed by atoms with van der Waals surface area (Å²) in [6.45, 7) is 2.17. The molecule has 1 saturated heterocycles. The number of aromatic nitrogens is 2. The van der Waals surface area contributed by atoms with Gasteiger partial charge in [-0.05, 0) is 43.5 Å². The summed E-state index contributed by atoms with van der Waals surface area (Å²) in [5.74, 6) is -2.64. The first-order chi connectivity index (χ1) is 15.3. The van der Waals surface area contributed by atoms with Crippen LogP contribution >= 0.6 is 11.3 Å². The van der Waals surface area contributed by atoms with E-state index in [2.05, 4.69) is 15.5 Å². The second kappa shape index (κ2) is 9.00. The molecule has 1 N–H and O–H groups in total. The van der Waals surface area contributed by atoms with E-state index in [9.17, 15) is 22.0 Å². The fourth-order valence-electron chi connectivity index (χ4n) is 3.57. The summed E-state index contributed by atoms with van der Waals surface area (Å²) in [7, 11) is -4.14. The molecule has 1 aliphatic rings. The molecule has 0 saturated carbocycles. The lowest BCUT2D eigenvalue weighted by Gasteiger charge is -2.30. The Kier molecular flexibility index (Phi) is 6.31.